The lowest BCUT2D eigenvalue weighted by atomic mass is 10.1. The van der Waals surface area contributed by atoms with E-state index in [1.54, 1.807) is 17.3 Å². The number of nitrogens with one attached hydrogen (secondary N) is 1. The number of aliphatic hydroxyl groups excluding tert-OH is 1. The number of aromatic nitrogens is 4. The van der Waals surface area contributed by atoms with Gasteiger partial charge in [-0.2, -0.15) is 5.10 Å². The highest BCUT2D eigenvalue weighted by Gasteiger charge is 2.29. The zero-order valence-corrected chi connectivity index (χ0v) is 18.4. The molecule has 0 unspecified atom stereocenters. The van der Waals surface area contributed by atoms with Crippen LogP contribution in [0.5, 0.6) is 5.75 Å². The van der Waals surface area contributed by atoms with Crippen LogP contribution in [-0.4, -0.2) is 68.4 Å². The van der Waals surface area contributed by atoms with Crippen LogP contribution in [0.2, 0.25) is 0 Å². The van der Waals surface area contributed by atoms with Crippen molar-refractivity contribution in [3.05, 3.63) is 53.6 Å². The third-order valence-electron chi connectivity index (χ3n) is 6.18. The van der Waals surface area contributed by atoms with Gasteiger partial charge in [0.1, 0.15) is 24.2 Å². The van der Waals surface area contributed by atoms with Gasteiger partial charge < -0.3 is 19.6 Å². The number of ether oxygens (including phenoxy) is 1. The van der Waals surface area contributed by atoms with E-state index >= 15 is 0 Å². The molecule has 3 aromatic rings. The number of rotatable bonds is 5. The van der Waals surface area contributed by atoms with Gasteiger partial charge in [0.15, 0.2) is 17.4 Å². The molecule has 2 aliphatic heterocycles. The second-order valence-corrected chi connectivity index (χ2v) is 8.38. The van der Waals surface area contributed by atoms with Crippen LogP contribution in [0.4, 0.5) is 14.6 Å². The number of H-pyrrole nitrogens is 1. The number of fused-ring (bicyclic) bond motifs is 1. The van der Waals surface area contributed by atoms with Crippen LogP contribution in [0.25, 0.3) is 11.3 Å². The molecule has 0 saturated carbocycles. The van der Waals surface area contributed by atoms with Crippen LogP contribution in [0, 0.1) is 11.6 Å². The highest BCUT2D eigenvalue weighted by atomic mass is 19.1. The first-order valence-electron chi connectivity index (χ1n) is 11.2. The largest absolute Gasteiger partial charge is 0.487 e. The van der Waals surface area contributed by atoms with Gasteiger partial charge in [0.2, 0.25) is 5.91 Å². The number of amides is 1. The number of benzene rings is 1. The van der Waals surface area contributed by atoms with E-state index in [1.165, 1.54) is 12.1 Å². The Morgan fingerprint density at radius 2 is 2.00 bits per heavy atom. The molecule has 2 N–H and O–H groups in total. The van der Waals surface area contributed by atoms with Crippen LogP contribution in [0.15, 0.2) is 30.6 Å². The predicted octanol–water partition coefficient (Wildman–Crippen LogP) is 2.07. The summed E-state index contributed by atoms with van der Waals surface area (Å²) in [4.78, 5) is 25.4. The predicted molar refractivity (Wildman–Crippen MR) is 118 cm³/mol. The molecule has 2 aromatic heterocycles. The molecule has 2 aliphatic rings. The molecule has 0 atom stereocenters. The van der Waals surface area contributed by atoms with Crippen molar-refractivity contribution in [1.29, 1.82) is 0 Å². The molecule has 0 radical (unpaired) electrons. The van der Waals surface area contributed by atoms with E-state index in [0.29, 0.717) is 56.8 Å². The Kier molecular flexibility index (Phi) is 6.10. The third kappa shape index (κ3) is 4.43. The van der Waals surface area contributed by atoms with E-state index in [0.717, 1.165) is 23.1 Å². The summed E-state index contributed by atoms with van der Waals surface area (Å²) in [6, 6.07) is 3.32. The van der Waals surface area contributed by atoms with E-state index in [-0.39, 0.29) is 17.8 Å². The molecule has 1 fully saturated rings. The molecular weight excluding hydrogens is 446 g/mol. The van der Waals surface area contributed by atoms with Crippen LogP contribution >= 0.6 is 0 Å². The quantitative estimate of drug-likeness (QED) is 0.588. The van der Waals surface area contributed by atoms with Gasteiger partial charge in [-0.3, -0.25) is 9.89 Å². The van der Waals surface area contributed by atoms with Crippen molar-refractivity contribution in [2.24, 2.45) is 0 Å². The summed E-state index contributed by atoms with van der Waals surface area (Å²) in [5.41, 5.74) is 2.98. The Morgan fingerprint density at radius 1 is 1.18 bits per heavy atom. The smallest absolute Gasteiger partial charge is 0.248 e. The lowest BCUT2D eigenvalue weighted by molar-refractivity contribution is -0.135. The number of halogens is 2. The first kappa shape index (κ1) is 22.2. The van der Waals surface area contributed by atoms with Crippen LogP contribution in [0.1, 0.15) is 24.2 Å². The third-order valence-corrected chi connectivity index (χ3v) is 6.18. The zero-order valence-electron chi connectivity index (χ0n) is 18.4. The van der Waals surface area contributed by atoms with Crippen molar-refractivity contribution in [1.82, 2.24) is 25.1 Å². The maximum atomic E-state index is 14.0. The van der Waals surface area contributed by atoms with Gasteiger partial charge in [-0.25, -0.2) is 18.7 Å². The van der Waals surface area contributed by atoms with Gasteiger partial charge in [0.05, 0.1) is 24.1 Å². The standard InChI is InChI=1S/C23H24F2N6O3/c24-15-1-2-20(17(25)9-15)34-16-3-6-30(7-4-16)23-22(14-10-26-27-11-14)28-19-12-31(21(33)13-32)8-5-18(19)29-23/h1-2,9-11,16,32H,3-8,12-13H2,(H,26,27). The maximum absolute atomic E-state index is 14.0. The number of aromatic amines is 1. The van der Waals surface area contributed by atoms with Crippen LogP contribution in [0.3, 0.4) is 0 Å². The van der Waals surface area contributed by atoms with Gasteiger partial charge in [0, 0.05) is 56.7 Å². The molecule has 1 saturated heterocycles. The SMILES string of the molecule is O=C(CO)N1CCc2nc(N3CCC(Oc4ccc(F)cc4F)CC3)c(-c3cn[nH]c3)nc2C1. The highest BCUT2D eigenvalue weighted by molar-refractivity contribution is 5.77. The van der Waals surface area contributed by atoms with E-state index in [2.05, 4.69) is 15.1 Å². The first-order valence-corrected chi connectivity index (χ1v) is 11.2. The van der Waals surface area contributed by atoms with E-state index in [4.69, 9.17) is 14.7 Å². The number of carbonyl (C=O) groups is 1. The van der Waals surface area contributed by atoms with E-state index in [1.807, 2.05) is 0 Å². The van der Waals surface area contributed by atoms with Crippen molar-refractivity contribution < 1.29 is 23.4 Å². The number of piperidine rings is 1. The number of hydrogen-bond donors (Lipinski definition) is 2. The van der Waals surface area contributed by atoms with Gasteiger partial charge in [0.25, 0.3) is 0 Å². The molecule has 0 bridgehead atoms. The van der Waals surface area contributed by atoms with Gasteiger partial charge in [-0.1, -0.05) is 0 Å². The molecule has 0 spiro atoms. The molecule has 4 heterocycles. The van der Waals surface area contributed by atoms with Crippen molar-refractivity contribution >= 4 is 11.7 Å². The normalized spacial score (nSPS) is 16.4. The summed E-state index contributed by atoms with van der Waals surface area (Å²) >= 11 is 0. The topological polar surface area (TPSA) is 107 Å². The zero-order chi connectivity index (χ0) is 23.7. The van der Waals surface area contributed by atoms with Gasteiger partial charge >= 0.3 is 0 Å². The summed E-state index contributed by atoms with van der Waals surface area (Å²) in [5.74, 6) is -0.899. The molecule has 1 aromatic carbocycles. The Labute approximate surface area is 194 Å². The van der Waals surface area contributed by atoms with Crippen molar-refractivity contribution in [3.8, 4) is 17.0 Å². The summed E-state index contributed by atoms with van der Waals surface area (Å²) in [5, 5.41) is 16.0. The average molecular weight is 470 g/mol. The number of hydrogen-bond acceptors (Lipinski definition) is 7. The Morgan fingerprint density at radius 3 is 2.71 bits per heavy atom. The second-order valence-electron chi connectivity index (χ2n) is 8.38. The Hall–Kier alpha value is -3.60. The molecule has 0 aliphatic carbocycles. The van der Waals surface area contributed by atoms with E-state index in [9.17, 15) is 18.7 Å². The molecule has 9 nitrogen and oxygen atoms in total. The lowest BCUT2D eigenvalue weighted by Gasteiger charge is -2.35. The number of carbonyl (C=O) groups excluding carboxylic acids is 1. The van der Waals surface area contributed by atoms with Crippen molar-refractivity contribution in [2.75, 3.05) is 31.1 Å². The molecule has 178 valence electrons. The van der Waals surface area contributed by atoms with Crippen molar-refractivity contribution in [2.45, 2.75) is 31.9 Å². The van der Waals surface area contributed by atoms with Crippen molar-refractivity contribution in [3.63, 3.8) is 0 Å². The van der Waals surface area contributed by atoms with E-state index < -0.39 is 18.2 Å². The number of aliphatic hydroxyl groups is 1. The minimum absolute atomic E-state index is 0.0505. The second kappa shape index (κ2) is 9.34. The number of anilines is 1. The average Bonchev–Trinajstić information content (AvgIpc) is 3.39. The summed E-state index contributed by atoms with van der Waals surface area (Å²) in [6.45, 7) is 1.49. The fourth-order valence-electron chi connectivity index (χ4n) is 4.37. The first-order chi connectivity index (χ1) is 16.5. The summed E-state index contributed by atoms with van der Waals surface area (Å²) < 4.78 is 32.9. The molecule has 1 amide bonds. The molecule has 34 heavy (non-hydrogen) atoms. The maximum Gasteiger partial charge on any atom is 0.248 e. The minimum atomic E-state index is -0.709. The minimum Gasteiger partial charge on any atom is -0.487 e. The summed E-state index contributed by atoms with van der Waals surface area (Å²) in [7, 11) is 0. The van der Waals surface area contributed by atoms with Gasteiger partial charge in [-0.05, 0) is 12.1 Å². The molecular formula is C23H24F2N6O3. The monoisotopic (exact) mass is 470 g/mol. The van der Waals surface area contributed by atoms with Crippen LogP contribution < -0.4 is 9.64 Å². The van der Waals surface area contributed by atoms with Crippen LogP contribution in [-0.2, 0) is 17.8 Å². The lowest BCUT2D eigenvalue weighted by Crippen LogP contribution is -2.41. The molecule has 5 rings (SSSR count). The fourth-order valence-corrected chi connectivity index (χ4v) is 4.37. The van der Waals surface area contributed by atoms with Gasteiger partial charge in [-0.15, -0.1) is 0 Å². The highest BCUT2D eigenvalue weighted by Crippen LogP contribution is 2.32. The summed E-state index contributed by atoms with van der Waals surface area (Å²) in [6.07, 6.45) is 5.05. The number of nitrogens with zero attached hydrogens (tertiary/aromatic N) is 5. The fraction of sp³-hybridized carbons (Fsp3) is 0.391. The molecule has 11 heteroatoms. The Bertz CT molecular complexity index is 1180. The Balaban J connectivity index is 1.36.